The fourth-order valence-corrected chi connectivity index (χ4v) is 2.14. The summed E-state index contributed by atoms with van der Waals surface area (Å²) in [5, 5.41) is 3.15. The molecule has 0 saturated carbocycles. The van der Waals surface area contributed by atoms with Crippen LogP contribution >= 0.6 is 11.6 Å². The van der Waals surface area contributed by atoms with Crippen LogP contribution in [0.2, 0.25) is 5.02 Å². The highest BCUT2D eigenvalue weighted by Crippen LogP contribution is 2.31. The number of amides is 1. The molecule has 1 N–H and O–H groups in total. The van der Waals surface area contributed by atoms with Crippen LogP contribution < -0.4 is 10.1 Å². The number of carbonyl (C=O) groups is 1. The van der Waals surface area contributed by atoms with Crippen LogP contribution in [0.4, 0.5) is 0 Å². The minimum absolute atomic E-state index is 0.206. The first-order chi connectivity index (χ1) is 10.7. The van der Waals surface area contributed by atoms with Crippen molar-refractivity contribution < 1.29 is 18.7 Å². The zero-order chi connectivity index (χ0) is 15.9. The third-order valence-corrected chi connectivity index (χ3v) is 3.23. The molecule has 0 aliphatic heterocycles. The lowest BCUT2D eigenvalue weighted by Gasteiger charge is -2.06. The largest absolute Gasteiger partial charge is 0.495 e. The number of hydrogen-bond acceptors (Lipinski definition) is 5. The van der Waals surface area contributed by atoms with Crippen molar-refractivity contribution in [2.45, 2.75) is 6.92 Å². The number of nitrogens with one attached hydrogen (secondary N) is 1. The van der Waals surface area contributed by atoms with Gasteiger partial charge in [-0.15, -0.1) is 0 Å². The number of carbonyl (C=O) groups excluding carboxylic acids is 1. The van der Waals surface area contributed by atoms with E-state index in [4.69, 9.17) is 25.5 Å². The number of ether oxygens (including phenoxy) is 2. The Labute approximate surface area is 133 Å². The van der Waals surface area contributed by atoms with Crippen LogP contribution in [0, 0.1) is 0 Å². The lowest BCUT2D eigenvalue weighted by molar-refractivity contribution is 0.0918. The van der Waals surface area contributed by atoms with Crippen molar-refractivity contribution in [2.24, 2.45) is 0 Å². The maximum Gasteiger partial charge on any atom is 0.274 e. The molecule has 6 nitrogen and oxygen atoms in total. The zero-order valence-electron chi connectivity index (χ0n) is 12.4. The van der Waals surface area contributed by atoms with Crippen molar-refractivity contribution in [3.05, 3.63) is 35.3 Å². The molecule has 0 saturated heterocycles. The molecular formula is C15H17ClN2O4. The molecule has 0 spiro atoms. The van der Waals surface area contributed by atoms with Gasteiger partial charge < -0.3 is 19.2 Å². The summed E-state index contributed by atoms with van der Waals surface area (Å²) in [4.78, 5) is 16.1. The molecule has 118 valence electrons. The Morgan fingerprint density at radius 3 is 2.95 bits per heavy atom. The molecule has 2 rings (SSSR count). The van der Waals surface area contributed by atoms with Crippen LogP contribution in [-0.4, -0.2) is 37.8 Å². The van der Waals surface area contributed by atoms with E-state index in [1.807, 2.05) is 6.92 Å². The van der Waals surface area contributed by atoms with E-state index in [1.54, 1.807) is 18.2 Å². The number of methoxy groups -OCH3 is 1. The zero-order valence-corrected chi connectivity index (χ0v) is 13.1. The third kappa shape index (κ3) is 3.78. The predicted octanol–water partition coefficient (Wildman–Crippen LogP) is 2.77. The first-order valence-corrected chi connectivity index (χ1v) is 7.18. The highest BCUT2D eigenvalue weighted by Gasteiger charge is 2.18. The minimum Gasteiger partial charge on any atom is -0.495 e. The first kappa shape index (κ1) is 16.3. The van der Waals surface area contributed by atoms with Crippen molar-refractivity contribution in [3.8, 4) is 17.1 Å². The average molecular weight is 324 g/mol. The van der Waals surface area contributed by atoms with Gasteiger partial charge in [0.05, 0.1) is 18.7 Å². The first-order valence-electron chi connectivity index (χ1n) is 6.80. The van der Waals surface area contributed by atoms with Crippen molar-refractivity contribution >= 4 is 17.5 Å². The number of hydrogen-bond donors (Lipinski definition) is 1. The summed E-state index contributed by atoms with van der Waals surface area (Å²) in [5.41, 5.74) is 0.857. The van der Waals surface area contributed by atoms with Crippen molar-refractivity contribution in [1.29, 1.82) is 0 Å². The monoisotopic (exact) mass is 323 g/mol. The maximum absolute atomic E-state index is 12.1. The van der Waals surface area contributed by atoms with Crippen LogP contribution in [0.1, 0.15) is 17.4 Å². The summed E-state index contributed by atoms with van der Waals surface area (Å²) >= 11 is 6.09. The van der Waals surface area contributed by atoms with E-state index in [0.29, 0.717) is 41.9 Å². The van der Waals surface area contributed by atoms with Gasteiger partial charge in [0.2, 0.25) is 0 Å². The summed E-state index contributed by atoms with van der Waals surface area (Å²) < 4.78 is 15.6. The van der Waals surface area contributed by atoms with Crippen LogP contribution in [0.3, 0.4) is 0 Å². The molecule has 0 bridgehead atoms. The topological polar surface area (TPSA) is 73.6 Å². The quantitative estimate of drug-likeness (QED) is 0.793. The van der Waals surface area contributed by atoms with E-state index in [9.17, 15) is 4.79 Å². The van der Waals surface area contributed by atoms with Gasteiger partial charge in [-0.1, -0.05) is 11.6 Å². The van der Waals surface area contributed by atoms with E-state index in [1.165, 1.54) is 13.5 Å². The molecule has 1 aromatic heterocycles. The van der Waals surface area contributed by atoms with Crippen LogP contribution in [0.25, 0.3) is 11.3 Å². The lowest BCUT2D eigenvalue weighted by atomic mass is 9.91. The average Bonchev–Trinajstić information content (AvgIpc) is 3.01. The summed E-state index contributed by atoms with van der Waals surface area (Å²) in [5.74, 6) is 0.585. The number of benzene rings is 1. The SMILES string of the molecule is CCOCCN[11C](=O)c1ncoc1-c1ccc(OC)c(Cl)c1. The van der Waals surface area contributed by atoms with Gasteiger partial charge in [0.25, 0.3) is 5.91 Å². The Kier molecular flexibility index (Phi) is 5.80. The Morgan fingerprint density at radius 2 is 2.27 bits per heavy atom. The molecule has 0 radical (unpaired) electrons. The van der Waals surface area contributed by atoms with Gasteiger partial charge in [0, 0.05) is 18.7 Å². The second kappa shape index (κ2) is 7.82. The summed E-state index contributed by atoms with van der Waals surface area (Å²) in [6.45, 7) is 3.35. The molecule has 0 aliphatic rings. The van der Waals surface area contributed by atoms with Crippen LogP contribution in [-0.2, 0) is 4.74 Å². The molecule has 1 aromatic carbocycles. The fourth-order valence-electron chi connectivity index (χ4n) is 1.89. The van der Waals surface area contributed by atoms with Gasteiger partial charge in [-0.2, -0.15) is 0 Å². The molecule has 1 heterocycles. The van der Waals surface area contributed by atoms with Gasteiger partial charge in [0.1, 0.15) is 5.75 Å². The summed E-state index contributed by atoms with van der Waals surface area (Å²) in [6, 6.07) is 5.12. The van der Waals surface area contributed by atoms with E-state index in [2.05, 4.69) is 10.3 Å². The molecular weight excluding hydrogens is 307 g/mol. The summed E-state index contributed by atoms with van der Waals surface area (Å²) in [7, 11) is 1.53. The molecule has 0 atom stereocenters. The highest BCUT2D eigenvalue weighted by atomic mass is 35.5. The number of nitrogens with zero attached hydrogens (tertiary/aromatic N) is 1. The molecule has 2 aromatic rings. The number of rotatable bonds is 7. The molecule has 0 aliphatic carbocycles. The van der Waals surface area contributed by atoms with Gasteiger partial charge >= 0.3 is 0 Å². The summed E-state index contributed by atoms with van der Waals surface area (Å²) in [6.07, 6.45) is 1.23. The number of aromatic nitrogens is 1. The predicted molar refractivity (Wildman–Crippen MR) is 82.3 cm³/mol. The van der Waals surface area contributed by atoms with E-state index in [-0.39, 0.29) is 11.6 Å². The normalized spacial score (nSPS) is 10.5. The van der Waals surface area contributed by atoms with Crippen LogP contribution in [0.15, 0.2) is 29.0 Å². The van der Waals surface area contributed by atoms with Crippen molar-refractivity contribution in [1.82, 2.24) is 10.3 Å². The lowest BCUT2D eigenvalue weighted by Crippen LogP contribution is -2.27. The van der Waals surface area contributed by atoms with Gasteiger partial charge in [0.15, 0.2) is 17.8 Å². The van der Waals surface area contributed by atoms with E-state index < -0.39 is 0 Å². The van der Waals surface area contributed by atoms with Gasteiger partial charge in [-0.05, 0) is 25.1 Å². The maximum atomic E-state index is 12.1. The standard InChI is InChI=1S/C15H17ClN2O4/c1-3-21-7-6-17-15(19)13-14(22-9-18-13)10-4-5-12(20-2)11(16)8-10/h4-5,8-9H,3,6-7H2,1-2H3,(H,17,19)/i15-1. The minimum atomic E-state index is -0.324. The molecule has 22 heavy (non-hydrogen) atoms. The number of halogens is 1. The third-order valence-electron chi connectivity index (χ3n) is 2.93. The second-order valence-corrected chi connectivity index (χ2v) is 4.74. The van der Waals surface area contributed by atoms with Crippen molar-refractivity contribution in [2.75, 3.05) is 26.9 Å². The number of oxazole rings is 1. The van der Waals surface area contributed by atoms with Gasteiger partial charge in [-0.3, -0.25) is 4.79 Å². The Bertz CT molecular complexity index is 642. The Morgan fingerprint density at radius 1 is 1.45 bits per heavy atom. The van der Waals surface area contributed by atoms with E-state index in [0.717, 1.165) is 0 Å². The Balaban J connectivity index is 2.15. The smallest absolute Gasteiger partial charge is 0.274 e. The van der Waals surface area contributed by atoms with Crippen LogP contribution in [0.5, 0.6) is 5.75 Å². The van der Waals surface area contributed by atoms with Gasteiger partial charge in [-0.25, -0.2) is 4.98 Å². The highest BCUT2D eigenvalue weighted by molar-refractivity contribution is 6.32. The molecule has 0 fully saturated rings. The second-order valence-electron chi connectivity index (χ2n) is 4.33. The molecule has 0 unspecified atom stereocenters. The van der Waals surface area contributed by atoms with E-state index >= 15 is 0 Å². The molecule has 1 amide bonds. The molecule has 7 heteroatoms. The fraction of sp³-hybridized carbons (Fsp3) is 0.333. The Hall–Kier alpha value is -2.05. The van der Waals surface area contributed by atoms with Crippen molar-refractivity contribution in [3.63, 3.8) is 0 Å².